The van der Waals surface area contributed by atoms with Crippen molar-refractivity contribution in [1.82, 2.24) is 0 Å². The van der Waals surface area contributed by atoms with Crippen LogP contribution in [-0.4, -0.2) is 17.9 Å². The van der Waals surface area contributed by atoms with Gasteiger partial charge in [-0.1, -0.05) is 42.5 Å². The van der Waals surface area contributed by atoms with Crippen molar-refractivity contribution in [3.05, 3.63) is 106 Å². The number of fused-ring (bicyclic) bond motifs is 1. The molecule has 0 aromatic heterocycles. The number of rotatable bonds is 6. The van der Waals surface area contributed by atoms with Crippen molar-refractivity contribution in [2.75, 3.05) is 0 Å². The number of carbonyl (C=O) groups excluding carboxylic acids is 2. The van der Waals surface area contributed by atoms with Gasteiger partial charge in [-0.05, 0) is 37.6 Å². The van der Waals surface area contributed by atoms with Gasteiger partial charge in [0.25, 0.3) is 0 Å². The summed E-state index contributed by atoms with van der Waals surface area (Å²) < 4.78 is 83.3. The number of ketones is 1. The molecule has 0 fully saturated rings. The lowest BCUT2D eigenvalue weighted by atomic mass is 10.1. The van der Waals surface area contributed by atoms with Crippen molar-refractivity contribution in [1.29, 1.82) is 0 Å². The van der Waals surface area contributed by atoms with Crippen LogP contribution in [0, 0.1) is 36.0 Å². The molecule has 37 heavy (non-hydrogen) atoms. The summed E-state index contributed by atoms with van der Waals surface area (Å²) in [5, 5.41) is 0. The summed E-state index contributed by atoms with van der Waals surface area (Å²) in [5.74, 6) is -14.3. The fourth-order valence-electron chi connectivity index (χ4n) is 3.41. The lowest BCUT2D eigenvalue weighted by Crippen LogP contribution is -2.29. The zero-order valence-electron chi connectivity index (χ0n) is 19.3. The Hall–Kier alpha value is -4.47. The minimum Gasteiger partial charge on any atom is -0.473 e. The van der Waals surface area contributed by atoms with Crippen LogP contribution in [0.15, 0.2) is 60.4 Å². The van der Waals surface area contributed by atoms with E-state index >= 15 is 0 Å². The summed E-state index contributed by atoms with van der Waals surface area (Å²) in [4.78, 5) is 25.1. The molecule has 0 bridgehead atoms. The molecule has 4 rings (SSSR count). The highest BCUT2D eigenvalue weighted by Gasteiger charge is 2.32. The SMILES string of the molecule is Cc1c(OC(=O)C(C)Oc2c(F)c(F)c(F)c(F)c2F)ccc2c1O/C(=C\C=C\c1ccccc1)C2=O. The summed E-state index contributed by atoms with van der Waals surface area (Å²) in [5.41, 5.74) is 1.40. The van der Waals surface area contributed by atoms with Crippen LogP contribution in [0.3, 0.4) is 0 Å². The molecule has 0 amide bonds. The second-order valence-corrected chi connectivity index (χ2v) is 7.88. The molecule has 5 nitrogen and oxygen atoms in total. The van der Waals surface area contributed by atoms with Gasteiger partial charge in [0, 0.05) is 5.56 Å². The molecule has 1 aliphatic rings. The normalized spacial score (nSPS) is 14.6. The van der Waals surface area contributed by atoms with E-state index in [-0.39, 0.29) is 28.4 Å². The Balaban J connectivity index is 1.50. The molecule has 1 aliphatic heterocycles. The third-order valence-electron chi connectivity index (χ3n) is 5.38. The topological polar surface area (TPSA) is 61.8 Å². The molecule has 0 N–H and O–H groups in total. The first-order chi connectivity index (χ1) is 17.6. The van der Waals surface area contributed by atoms with Crippen LogP contribution in [0.4, 0.5) is 22.0 Å². The van der Waals surface area contributed by atoms with E-state index in [9.17, 15) is 31.5 Å². The average Bonchev–Trinajstić information content (AvgIpc) is 3.22. The first-order valence-corrected chi connectivity index (χ1v) is 10.8. The van der Waals surface area contributed by atoms with Gasteiger partial charge in [-0.2, -0.15) is 8.78 Å². The molecule has 190 valence electrons. The minimum absolute atomic E-state index is 0.0387. The molecule has 0 aliphatic carbocycles. The second-order valence-electron chi connectivity index (χ2n) is 7.88. The Morgan fingerprint density at radius 3 is 2.19 bits per heavy atom. The highest BCUT2D eigenvalue weighted by Crippen LogP contribution is 2.39. The van der Waals surface area contributed by atoms with Crippen molar-refractivity contribution in [2.24, 2.45) is 0 Å². The van der Waals surface area contributed by atoms with Gasteiger partial charge in [0.2, 0.25) is 34.9 Å². The maximum atomic E-state index is 13.9. The second kappa shape index (κ2) is 10.3. The molecule has 3 aromatic rings. The molecule has 0 saturated carbocycles. The highest BCUT2D eigenvalue weighted by molar-refractivity contribution is 6.13. The zero-order valence-corrected chi connectivity index (χ0v) is 19.3. The summed E-state index contributed by atoms with van der Waals surface area (Å²) in [6.07, 6.45) is 3.14. The van der Waals surface area contributed by atoms with E-state index in [1.807, 2.05) is 30.3 Å². The van der Waals surface area contributed by atoms with Crippen molar-refractivity contribution < 1.29 is 45.8 Å². The minimum atomic E-state index is -2.36. The molecule has 0 saturated heterocycles. The lowest BCUT2D eigenvalue weighted by Gasteiger charge is -2.16. The zero-order chi connectivity index (χ0) is 26.9. The van der Waals surface area contributed by atoms with E-state index in [1.54, 1.807) is 12.2 Å². The predicted octanol–water partition coefficient (Wildman–Crippen LogP) is 6.24. The van der Waals surface area contributed by atoms with Crippen LogP contribution in [0.1, 0.15) is 28.4 Å². The quantitative estimate of drug-likeness (QED) is 0.0970. The smallest absolute Gasteiger partial charge is 0.352 e. The standard InChI is InChI=1S/C27H17F5O5/c1-13-17(37-27(34)14(2)35-26-22(31)20(29)19(28)21(30)23(26)32)12-11-16-24(33)18(36-25(13)16)10-6-9-15-7-4-3-5-8-15/h3-12,14H,1-2H3/b9-6+,18-10-. The van der Waals surface area contributed by atoms with E-state index in [0.717, 1.165) is 12.5 Å². The summed E-state index contributed by atoms with van der Waals surface area (Å²) >= 11 is 0. The number of carbonyl (C=O) groups is 2. The van der Waals surface area contributed by atoms with Crippen LogP contribution in [-0.2, 0) is 4.79 Å². The van der Waals surface area contributed by atoms with Crippen molar-refractivity contribution in [3.63, 3.8) is 0 Å². The fourth-order valence-corrected chi connectivity index (χ4v) is 3.41. The Kier molecular flexibility index (Phi) is 7.10. The van der Waals surface area contributed by atoms with E-state index in [0.29, 0.717) is 0 Å². The van der Waals surface area contributed by atoms with Gasteiger partial charge in [-0.25, -0.2) is 18.0 Å². The number of ether oxygens (including phenoxy) is 3. The highest BCUT2D eigenvalue weighted by atomic mass is 19.2. The van der Waals surface area contributed by atoms with Crippen LogP contribution >= 0.6 is 0 Å². The van der Waals surface area contributed by atoms with Gasteiger partial charge in [-0.3, -0.25) is 4.79 Å². The number of allylic oxidation sites excluding steroid dienone is 3. The van der Waals surface area contributed by atoms with Crippen molar-refractivity contribution in [2.45, 2.75) is 20.0 Å². The fraction of sp³-hybridized carbons (Fsp3) is 0.111. The number of Topliss-reactive ketones (excluding diaryl/α,β-unsaturated/α-hetero) is 1. The predicted molar refractivity (Wildman–Crippen MR) is 122 cm³/mol. The summed E-state index contributed by atoms with van der Waals surface area (Å²) in [6.45, 7) is 2.51. The molecule has 3 aromatic carbocycles. The number of halogens is 5. The number of esters is 1. The molecule has 1 unspecified atom stereocenters. The third-order valence-corrected chi connectivity index (χ3v) is 5.38. The van der Waals surface area contributed by atoms with Gasteiger partial charge in [0.1, 0.15) is 11.5 Å². The van der Waals surface area contributed by atoms with E-state index < -0.39 is 52.7 Å². The number of benzene rings is 3. The Labute approximate surface area is 207 Å². The average molecular weight is 516 g/mol. The Morgan fingerprint density at radius 2 is 1.54 bits per heavy atom. The van der Waals surface area contributed by atoms with Crippen LogP contribution in [0.25, 0.3) is 6.08 Å². The molecular formula is C27H17F5O5. The lowest BCUT2D eigenvalue weighted by molar-refractivity contribution is -0.141. The van der Waals surface area contributed by atoms with Crippen LogP contribution in [0.5, 0.6) is 17.2 Å². The molecule has 1 heterocycles. The van der Waals surface area contributed by atoms with Gasteiger partial charge < -0.3 is 14.2 Å². The summed E-state index contributed by atoms with van der Waals surface area (Å²) in [6, 6.07) is 12.0. The van der Waals surface area contributed by atoms with Gasteiger partial charge >= 0.3 is 5.97 Å². The number of hydrogen-bond donors (Lipinski definition) is 0. The largest absolute Gasteiger partial charge is 0.473 e. The maximum Gasteiger partial charge on any atom is 0.352 e. The van der Waals surface area contributed by atoms with Crippen molar-refractivity contribution >= 4 is 17.8 Å². The molecule has 1 atom stereocenters. The Morgan fingerprint density at radius 1 is 0.919 bits per heavy atom. The van der Waals surface area contributed by atoms with Crippen LogP contribution in [0.2, 0.25) is 0 Å². The van der Waals surface area contributed by atoms with E-state index in [4.69, 9.17) is 14.2 Å². The van der Waals surface area contributed by atoms with Gasteiger partial charge in [0.15, 0.2) is 17.6 Å². The molecule has 10 heteroatoms. The number of hydrogen-bond acceptors (Lipinski definition) is 5. The first-order valence-electron chi connectivity index (χ1n) is 10.8. The maximum absolute atomic E-state index is 13.9. The summed E-state index contributed by atoms with van der Waals surface area (Å²) in [7, 11) is 0. The molecule has 0 radical (unpaired) electrons. The van der Waals surface area contributed by atoms with E-state index in [2.05, 4.69) is 0 Å². The van der Waals surface area contributed by atoms with Gasteiger partial charge in [0.05, 0.1) is 5.56 Å². The molecule has 0 spiro atoms. The molecular weight excluding hydrogens is 499 g/mol. The van der Waals surface area contributed by atoms with Crippen LogP contribution < -0.4 is 14.2 Å². The van der Waals surface area contributed by atoms with E-state index in [1.165, 1.54) is 25.1 Å². The Bertz CT molecular complexity index is 1430. The monoisotopic (exact) mass is 516 g/mol. The first kappa shape index (κ1) is 25.6. The third kappa shape index (κ3) is 4.95. The van der Waals surface area contributed by atoms with Gasteiger partial charge in [-0.15, -0.1) is 0 Å². The van der Waals surface area contributed by atoms with Crippen molar-refractivity contribution in [3.8, 4) is 17.2 Å².